The Labute approximate surface area is 145 Å². The third-order valence-electron chi connectivity index (χ3n) is 3.08. The number of nitrogens with zero attached hydrogens (tertiary/aromatic N) is 4. The van der Waals surface area contributed by atoms with E-state index in [1.165, 1.54) is 18.4 Å². The van der Waals surface area contributed by atoms with Crippen LogP contribution in [-0.2, 0) is 11.3 Å². The number of rotatable bonds is 5. The number of thiophene rings is 1. The van der Waals surface area contributed by atoms with E-state index < -0.39 is 11.6 Å². The molecule has 0 atom stereocenters. The number of aromatic nitrogens is 4. The van der Waals surface area contributed by atoms with Crippen LogP contribution in [0.5, 0.6) is 5.75 Å². The second-order valence-corrected chi connectivity index (χ2v) is 6.04. The summed E-state index contributed by atoms with van der Waals surface area (Å²) >= 11 is 7.26. The lowest BCUT2D eigenvalue weighted by molar-refractivity contribution is -0.117. The molecule has 0 saturated heterocycles. The Kier molecular flexibility index (Phi) is 4.63. The molecule has 2 heterocycles. The van der Waals surface area contributed by atoms with Gasteiger partial charge in [-0.2, -0.15) is 9.36 Å². The summed E-state index contributed by atoms with van der Waals surface area (Å²) in [6, 6.07) is 8.37. The molecular weight excluding hydrogens is 354 g/mol. The van der Waals surface area contributed by atoms with Crippen molar-refractivity contribution in [2.24, 2.45) is 0 Å². The van der Waals surface area contributed by atoms with E-state index in [1.54, 1.807) is 30.3 Å². The highest BCUT2D eigenvalue weighted by Gasteiger charge is 2.14. The van der Waals surface area contributed by atoms with Crippen molar-refractivity contribution in [2.45, 2.75) is 6.54 Å². The first kappa shape index (κ1) is 16.2. The van der Waals surface area contributed by atoms with E-state index in [0.29, 0.717) is 21.5 Å². The van der Waals surface area contributed by atoms with Crippen molar-refractivity contribution in [3.05, 3.63) is 51.2 Å². The SMILES string of the molecule is COc1ccc(Cl)cc1NC(=O)Cn1nnn(-c2cccs2)c1=O. The van der Waals surface area contributed by atoms with Gasteiger partial charge < -0.3 is 10.1 Å². The molecular formula is C14H12ClN5O3S. The van der Waals surface area contributed by atoms with Crippen molar-refractivity contribution in [2.75, 3.05) is 12.4 Å². The highest BCUT2D eigenvalue weighted by Crippen LogP contribution is 2.27. The van der Waals surface area contributed by atoms with E-state index in [0.717, 1.165) is 9.36 Å². The molecule has 2 aromatic heterocycles. The second-order valence-electron chi connectivity index (χ2n) is 4.67. The lowest BCUT2D eigenvalue weighted by Gasteiger charge is -2.10. The average Bonchev–Trinajstić information content (AvgIpc) is 3.18. The van der Waals surface area contributed by atoms with E-state index >= 15 is 0 Å². The number of methoxy groups -OCH3 is 1. The van der Waals surface area contributed by atoms with Gasteiger partial charge in [-0.1, -0.05) is 11.6 Å². The number of ether oxygens (including phenoxy) is 1. The molecule has 0 aliphatic carbocycles. The fraction of sp³-hybridized carbons (Fsp3) is 0.143. The monoisotopic (exact) mass is 365 g/mol. The summed E-state index contributed by atoms with van der Waals surface area (Å²) in [6.07, 6.45) is 0. The Hall–Kier alpha value is -2.65. The van der Waals surface area contributed by atoms with Crippen molar-refractivity contribution >= 4 is 34.5 Å². The van der Waals surface area contributed by atoms with Gasteiger partial charge in [0.05, 0.1) is 12.8 Å². The number of halogens is 1. The van der Waals surface area contributed by atoms with Crippen LogP contribution in [0.2, 0.25) is 5.02 Å². The first-order valence-corrected chi connectivity index (χ1v) is 8.04. The van der Waals surface area contributed by atoms with Gasteiger partial charge in [0.1, 0.15) is 17.3 Å². The maximum atomic E-state index is 12.2. The summed E-state index contributed by atoms with van der Waals surface area (Å²) in [5, 5.41) is 13.0. The van der Waals surface area contributed by atoms with Gasteiger partial charge in [0.25, 0.3) is 0 Å². The topological polar surface area (TPSA) is 91.0 Å². The summed E-state index contributed by atoms with van der Waals surface area (Å²) in [5.74, 6) is 0.0123. The third kappa shape index (κ3) is 3.31. The Morgan fingerprint density at radius 1 is 1.38 bits per heavy atom. The van der Waals surface area contributed by atoms with Crippen molar-refractivity contribution in [3.8, 4) is 10.8 Å². The number of benzene rings is 1. The highest BCUT2D eigenvalue weighted by molar-refractivity contribution is 7.12. The van der Waals surface area contributed by atoms with Gasteiger partial charge in [-0.25, -0.2) is 4.79 Å². The molecule has 24 heavy (non-hydrogen) atoms. The molecule has 0 aliphatic rings. The Balaban J connectivity index is 1.77. The molecule has 0 radical (unpaired) electrons. The fourth-order valence-corrected chi connectivity index (χ4v) is 2.85. The molecule has 124 valence electrons. The first-order valence-electron chi connectivity index (χ1n) is 6.78. The predicted molar refractivity (Wildman–Crippen MR) is 90.1 cm³/mol. The number of carbonyl (C=O) groups is 1. The lowest BCUT2D eigenvalue weighted by Crippen LogP contribution is -2.29. The highest BCUT2D eigenvalue weighted by atomic mass is 35.5. The number of nitrogens with one attached hydrogen (secondary N) is 1. The molecule has 0 unspecified atom stereocenters. The number of hydrogen-bond donors (Lipinski definition) is 1. The minimum atomic E-state index is -0.495. The van der Waals surface area contributed by atoms with Crippen LogP contribution in [0.3, 0.4) is 0 Å². The normalized spacial score (nSPS) is 10.6. The molecule has 10 heteroatoms. The minimum absolute atomic E-state index is 0.278. The van der Waals surface area contributed by atoms with Gasteiger partial charge >= 0.3 is 5.69 Å². The molecule has 3 aromatic rings. The number of hydrogen-bond acceptors (Lipinski definition) is 6. The van der Waals surface area contributed by atoms with Crippen LogP contribution in [0.15, 0.2) is 40.5 Å². The maximum absolute atomic E-state index is 12.2. The standard InChI is InChI=1S/C14H12ClN5O3S/c1-23-11-5-4-9(15)7-10(11)16-12(21)8-19-14(22)20(18-17-19)13-3-2-6-24-13/h2-7H,8H2,1H3,(H,16,21). The summed E-state index contributed by atoms with van der Waals surface area (Å²) in [5.41, 5.74) is -0.0839. The molecule has 0 spiro atoms. The third-order valence-corrected chi connectivity index (χ3v) is 4.16. The Morgan fingerprint density at radius 3 is 2.92 bits per heavy atom. The quantitative estimate of drug-likeness (QED) is 0.744. The summed E-state index contributed by atoms with van der Waals surface area (Å²) in [7, 11) is 1.48. The number of carbonyl (C=O) groups excluding carboxylic acids is 1. The molecule has 0 saturated carbocycles. The molecule has 1 amide bonds. The van der Waals surface area contributed by atoms with Crippen molar-refractivity contribution < 1.29 is 9.53 Å². The van der Waals surface area contributed by atoms with Crippen LogP contribution in [0.25, 0.3) is 5.00 Å². The van der Waals surface area contributed by atoms with Gasteiger partial charge in [0.15, 0.2) is 0 Å². The number of amides is 1. The van der Waals surface area contributed by atoms with E-state index in [1.807, 2.05) is 5.38 Å². The molecule has 0 aliphatic heterocycles. The molecule has 1 N–H and O–H groups in total. The van der Waals surface area contributed by atoms with Gasteiger partial charge in [-0.05, 0) is 46.1 Å². The number of anilines is 1. The number of tetrazole rings is 1. The van der Waals surface area contributed by atoms with Gasteiger partial charge in [-0.15, -0.1) is 11.3 Å². The summed E-state index contributed by atoms with van der Waals surface area (Å²) in [6.45, 7) is -0.278. The van der Waals surface area contributed by atoms with Gasteiger partial charge in [0, 0.05) is 5.02 Å². The van der Waals surface area contributed by atoms with Crippen molar-refractivity contribution in [3.63, 3.8) is 0 Å². The van der Waals surface area contributed by atoms with Crippen molar-refractivity contribution in [1.82, 2.24) is 19.8 Å². The Morgan fingerprint density at radius 2 is 2.21 bits per heavy atom. The smallest absolute Gasteiger partial charge is 0.369 e. The Bertz CT molecular complexity index is 919. The summed E-state index contributed by atoms with van der Waals surface area (Å²) < 4.78 is 7.27. The lowest BCUT2D eigenvalue weighted by atomic mass is 10.3. The zero-order chi connectivity index (χ0) is 17.1. The molecule has 0 fully saturated rings. The van der Waals surface area contributed by atoms with E-state index in [2.05, 4.69) is 15.7 Å². The molecule has 1 aromatic carbocycles. The minimum Gasteiger partial charge on any atom is -0.495 e. The van der Waals surface area contributed by atoms with Crippen LogP contribution in [-0.4, -0.2) is 32.8 Å². The van der Waals surface area contributed by atoms with E-state index in [4.69, 9.17) is 16.3 Å². The van der Waals surface area contributed by atoms with E-state index in [-0.39, 0.29) is 6.54 Å². The van der Waals surface area contributed by atoms with Crippen molar-refractivity contribution in [1.29, 1.82) is 0 Å². The van der Waals surface area contributed by atoms with Gasteiger partial charge in [-0.3, -0.25) is 4.79 Å². The first-order chi connectivity index (χ1) is 11.6. The van der Waals surface area contributed by atoms with Crippen LogP contribution in [0.4, 0.5) is 5.69 Å². The molecule has 3 rings (SSSR count). The second kappa shape index (κ2) is 6.85. The van der Waals surface area contributed by atoms with Gasteiger partial charge in [0.2, 0.25) is 5.91 Å². The largest absolute Gasteiger partial charge is 0.495 e. The molecule has 0 bridgehead atoms. The van der Waals surface area contributed by atoms with Crippen LogP contribution in [0.1, 0.15) is 0 Å². The summed E-state index contributed by atoms with van der Waals surface area (Å²) in [4.78, 5) is 24.4. The fourth-order valence-electron chi connectivity index (χ4n) is 2.01. The van der Waals surface area contributed by atoms with Crippen LogP contribution < -0.4 is 15.7 Å². The maximum Gasteiger partial charge on any atom is 0.369 e. The van der Waals surface area contributed by atoms with Crippen LogP contribution in [0, 0.1) is 0 Å². The zero-order valence-electron chi connectivity index (χ0n) is 12.5. The predicted octanol–water partition coefficient (Wildman–Crippen LogP) is 1.79. The molecule has 8 nitrogen and oxygen atoms in total. The van der Waals surface area contributed by atoms with E-state index in [9.17, 15) is 9.59 Å². The zero-order valence-corrected chi connectivity index (χ0v) is 14.0. The average molecular weight is 366 g/mol. The van der Waals surface area contributed by atoms with Crippen LogP contribution >= 0.6 is 22.9 Å².